The topological polar surface area (TPSA) is 57.6 Å². The SMILES string of the molecule is O=C(O)C1CCC1C(=O)N(C1CC1)C1CCc2ccccc21. The van der Waals surface area contributed by atoms with Crippen molar-refractivity contribution in [3.05, 3.63) is 35.4 Å². The van der Waals surface area contributed by atoms with E-state index in [9.17, 15) is 14.7 Å². The third-order valence-electron chi connectivity index (χ3n) is 5.54. The highest BCUT2D eigenvalue weighted by molar-refractivity contribution is 5.87. The quantitative estimate of drug-likeness (QED) is 0.930. The van der Waals surface area contributed by atoms with E-state index in [-0.39, 0.29) is 17.9 Å². The fourth-order valence-electron chi connectivity index (χ4n) is 4.05. The van der Waals surface area contributed by atoms with Gasteiger partial charge in [-0.15, -0.1) is 0 Å². The van der Waals surface area contributed by atoms with Gasteiger partial charge >= 0.3 is 5.97 Å². The van der Waals surface area contributed by atoms with Gasteiger partial charge in [0.25, 0.3) is 0 Å². The number of amides is 1. The summed E-state index contributed by atoms with van der Waals surface area (Å²) >= 11 is 0. The molecular weight excluding hydrogens is 278 g/mol. The Balaban J connectivity index is 1.60. The lowest BCUT2D eigenvalue weighted by Gasteiger charge is -2.39. The Morgan fingerprint density at radius 2 is 1.73 bits per heavy atom. The zero-order valence-corrected chi connectivity index (χ0v) is 12.6. The number of carbonyl (C=O) groups excluding carboxylic acids is 1. The van der Waals surface area contributed by atoms with Crippen LogP contribution in [0, 0.1) is 11.8 Å². The Hall–Kier alpha value is -1.84. The molecule has 0 saturated heterocycles. The lowest BCUT2D eigenvalue weighted by atomic mass is 9.72. The van der Waals surface area contributed by atoms with Gasteiger partial charge in [-0.05, 0) is 49.7 Å². The minimum absolute atomic E-state index is 0.0860. The minimum Gasteiger partial charge on any atom is -0.481 e. The van der Waals surface area contributed by atoms with E-state index >= 15 is 0 Å². The number of aryl methyl sites for hydroxylation is 1. The van der Waals surface area contributed by atoms with Gasteiger partial charge < -0.3 is 10.0 Å². The molecule has 0 heterocycles. The molecule has 0 spiro atoms. The highest BCUT2D eigenvalue weighted by atomic mass is 16.4. The number of aliphatic carboxylic acids is 1. The van der Waals surface area contributed by atoms with E-state index in [2.05, 4.69) is 18.2 Å². The molecule has 2 fully saturated rings. The van der Waals surface area contributed by atoms with E-state index in [1.165, 1.54) is 11.1 Å². The smallest absolute Gasteiger partial charge is 0.307 e. The van der Waals surface area contributed by atoms with Gasteiger partial charge in [-0.2, -0.15) is 0 Å². The largest absolute Gasteiger partial charge is 0.481 e. The van der Waals surface area contributed by atoms with Crippen LogP contribution in [0.4, 0.5) is 0 Å². The van der Waals surface area contributed by atoms with Crippen molar-refractivity contribution in [1.29, 1.82) is 0 Å². The molecule has 1 N–H and O–H groups in total. The first-order chi connectivity index (χ1) is 10.7. The molecule has 4 rings (SSSR count). The van der Waals surface area contributed by atoms with Gasteiger partial charge in [-0.25, -0.2) is 0 Å². The summed E-state index contributed by atoms with van der Waals surface area (Å²) < 4.78 is 0. The predicted octanol–water partition coefficient (Wildman–Crippen LogP) is 2.78. The van der Waals surface area contributed by atoms with Gasteiger partial charge in [-0.1, -0.05) is 24.3 Å². The summed E-state index contributed by atoms with van der Waals surface area (Å²) in [5.74, 6) is -1.49. The molecule has 3 aliphatic rings. The van der Waals surface area contributed by atoms with E-state index in [1.54, 1.807) is 0 Å². The Morgan fingerprint density at radius 3 is 2.36 bits per heavy atom. The lowest BCUT2D eigenvalue weighted by molar-refractivity contribution is -0.158. The summed E-state index contributed by atoms with van der Waals surface area (Å²) in [6.07, 6.45) is 5.50. The summed E-state index contributed by atoms with van der Waals surface area (Å²) in [6, 6.07) is 8.86. The van der Waals surface area contributed by atoms with E-state index in [0.717, 1.165) is 32.1 Å². The number of carbonyl (C=O) groups is 2. The van der Waals surface area contributed by atoms with Crippen LogP contribution in [-0.4, -0.2) is 27.9 Å². The number of hydrogen-bond donors (Lipinski definition) is 1. The Kier molecular flexibility index (Phi) is 3.21. The van der Waals surface area contributed by atoms with Crippen molar-refractivity contribution >= 4 is 11.9 Å². The van der Waals surface area contributed by atoms with Gasteiger partial charge in [-0.3, -0.25) is 9.59 Å². The third-order valence-corrected chi connectivity index (χ3v) is 5.54. The van der Waals surface area contributed by atoms with Crippen LogP contribution in [0.5, 0.6) is 0 Å². The van der Waals surface area contributed by atoms with E-state index in [4.69, 9.17) is 0 Å². The maximum atomic E-state index is 13.0. The van der Waals surface area contributed by atoms with Crippen LogP contribution >= 0.6 is 0 Å². The Bertz CT molecular complexity index is 623. The molecule has 0 radical (unpaired) electrons. The zero-order chi connectivity index (χ0) is 15.3. The van der Waals surface area contributed by atoms with Crippen LogP contribution in [0.15, 0.2) is 24.3 Å². The summed E-state index contributed by atoms with van der Waals surface area (Å²) in [7, 11) is 0. The normalized spacial score (nSPS) is 29.5. The van der Waals surface area contributed by atoms with Crippen LogP contribution in [0.3, 0.4) is 0 Å². The fraction of sp³-hybridized carbons (Fsp3) is 0.556. The number of hydrogen-bond acceptors (Lipinski definition) is 2. The molecule has 4 nitrogen and oxygen atoms in total. The average Bonchev–Trinajstić information content (AvgIpc) is 3.18. The van der Waals surface area contributed by atoms with Gasteiger partial charge in [0.2, 0.25) is 5.91 Å². The molecule has 1 aromatic rings. The summed E-state index contributed by atoms with van der Waals surface area (Å²) in [4.78, 5) is 26.3. The zero-order valence-electron chi connectivity index (χ0n) is 12.6. The highest BCUT2D eigenvalue weighted by Crippen LogP contribution is 2.45. The predicted molar refractivity (Wildman–Crippen MR) is 81.2 cm³/mol. The van der Waals surface area contributed by atoms with Crippen LogP contribution in [0.2, 0.25) is 0 Å². The number of fused-ring (bicyclic) bond motifs is 1. The molecule has 1 aromatic carbocycles. The first-order valence-electron chi connectivity index (χ1n) is 8.29. The molecule has 0 aliphatic heterocycles. The third kappa shape index (κ3) is 2.13. The Morgan fingerprint density at radius 1 is 1.00 bits per heavy atom. The van der Waals surface area contributed by atoms with E-state index in [0.29, 0.717) is 12.5 Å². The molecule has 22 heavy (non-hydrogen) atoms. The lowest BCUT2D eigenvalue weighted by Crippen LogP contribution is -2.47. The molecule has 3 aliphatic carbocycles. The van der Waals surface area contributed by atoms with Crippen LogP contribution in [-0.2, 0) is 16.0 Å². The first-order valence-corrected chi connectivity index (χ1v) is 8.29. The van der Waals surface area contributed by atoms with Crippen molar-refractivity contribution in [2.24, 2.45) is 11.8 Å². The minimum atomic E-state index is -0.813. The van der Waals surface area contributed by atoms with Crippen molar-refractivity contribution in [1.82, 2.24) is 4.90 Å². The maximum absolute atomic E-state index is 13.0. The molecule has 2 saturated carbocycles. The van der Waals surface area contributed by atoms with Crippen LogP contribution in [0.1, 0.15) is 49.3 Å². The molecular formula is C18H21NO3. The Labute approximate surface area is 130 Å². The van der Waals surface area contributed by atoms with Crippen molar-refractivity contribution in [3.8, 4) is 0 Å². The van der Waals surface area contributed by atoms with Crippen molar-refractivity contribution in [2.45, 2.75) is 50.6 Å². The van der Waals surface area contributed by atoms with Gasteiger partial charge in [0.1, 0.15) is 0 Å². The van der Waals surface area contributed by atoms with Crippen molar-refractivity contribution < 1.29 is 14.7 Å². The van der Waals surface area contributed by atoms with E-state index in [1.807, 2.05) is 11.0 Å². The molecule has 116 valence electrons. The fourth-order valence-corrected chi connectivity index (χ4v) is 4.05. The number of carboxylic acids is 1. The second-order valence-corrected chi connectivity index (χ2v) is 6.86. The first kappa shape index (κ1) is 13.8. The number of benzene rings is 1. The monoisotopic (exact) mass is 299 g/mol. The number of carboxylic acid groups (broad SMARTS) is 1. The molecule has 1 amide bonds. The molecule has 3 atom stereocenters. The molecule has 0 bridgehead atoms. The summed E-state index contributed by atoms with van der Waals surface area (Å²) in [6.45, 7) is 0. The van der Waals surface area contributed by atoms with Crippen LogP contribution in [0.25, 0.3) is 0 Å². The van der Waals surface area contributed by atoms with Gasteiger partial charge in [0.15, 0.2) is 0 Å². The highest BCUT2D eigenvalue weighted by Gasteiger charge is 2.48. The van der Waals surface area contributed by atoms with Crippen molar-refractivity contribution in [3.63, 3.8) is 0 Å². The average molecular weight is 299 g/mol. The summed E-state index contributed by atoms with van der Waals surface area (Å²) in [5.41, 5.74) is 2.61. The molecule has 3 unspecified atom stereocenters. The number of nitrogens with zero attached hydrogens (tertiary/aromatic N) is 1. The number of rotatable bonds is 4. The van der Waals surface area contributed by atoms with Gasteiger partial charge in [0, 0.05) is 6.04 Å². The maximum Gasteiger partial charge on any atom is 0.307 e. The van der Waals surface area contributed by atoms with Crippen LogP contribution < -0.4 is 0 Å². The second-order valence-electron chi connectivity index (χ2n) is 6.86. The van der Waals surface area contributed by atoms with Gasteiger partial charge in [0.05, 0.1) is 17.9 Å². The standard InChI is InChI=1S/C18H21NO3/c20-17(14-8-9-15(14)18(21)22)19(12-6-7-12)16-10-5-11-3-1-2-4-13(11)16/h1-4,12,14-16H,5-10H2,(H,21,22). The van der Waals surface area contributed by atoms with Crippen molar-refractivity contribution in [2.75, 3.05) is 0 Å². The second kappa shape index (κ2) is 5.11. The molecule has 4 heteroatoms. The van der Waals surface area contributed by atoms with E-state index < -0.39 is 11.9 Å². The summed E-state index contributed by atoms with van der Waals surface area (Å²) in [5, 5.41) is 9.24. The molecule has 0 aromatic heterocycles.